The molecule has 6 heteroatoms. The van der Waals surface area contributed by atoms with Gasteiger partial charge in [0.25, 0.3) is 0 Å². The monoisotopic (exact) mass is 327 g/mol. The van der Waals surface area contributed by atoms with Crippen molar-refractivity contribution in [2.45, 2.75) is 12.3 Å². The zero-order chi connectivity index (χ0) is 15.8. The molecule has 23 heavy (non-hydrogen) atoms. The lowest BCUT2D eigenvalue weighted by atomic mass is 10.1. The van der Waals surface area contributed by atoms with Gasteiger partial charge in [-0.1, -0.05) is 6.07 Å². The van der Waals surface area contributed by atoms with Gasteiger partial charge in [0.2, 0.25) is 5.91 Å². The van der Waals surface area contributed by atoms with Crippen LogP contribution in [0.5, 0.6) is 0 Å². The van der Waals surface area contributed by atoms with Crippen molar-refractivity contribution in [1.82, 2.24) is 9.97 Å². The molecule has 1 aliphatic rings. The molecule has 2 aromatic heterocycles. The molecule has 1 aromatic carbocycles. The number of amides is 1. The number of benzene rings is 1. The molecule has 3 aromatic rings. The maximum Gasteiger partial charge on any atom is 0.227 e. The molecule has 4 nitrogen and oxygen atoms in total. The Balaban J connectivity index is 1.57. The number of H-pyrrole nitrogens is 1. The molecule has 1 N–H and O–H groups in total. The van der Waals surface area contributed by atoms with Crippen molar-refractivity contribution in [2.75, 3.05) is 11.4 Å². The third-order valence-electron chi connectivity index (χ3n) is 4.06. The van der Waals surface area contributed by atoms with E-state index in [0.717, 1.165) is 17.1 Å². The third kappa shape index (κ3) is 2.66. The molecule has 3 heterocycles. The number of aromatic nitrogens is 2. The van der Waals surface area contributed by atoms with Gasteiger partial charge in [0.1, 0.15) is 11.6 Å². The van der Waals surface area contributed by atoms with Crippen LogP contribution in [0.1, 0.15) is 18.2 Å². The second-order valence-electron chi connectivity index (χ2n) is 5.58. The smallest absolute Gasteiger partial charge is 0.227 e. The molecule has 1 atom stereocenters. The number of anilines is 1. The Bertz CT molecular complexity index is 843. The van der Waals surface area contributed by atoms with E-state index < -0.39 is 0 Å². The summed E-state index contributed by atoms with van der Waals surface area (Å²) in [5, 5.41) is 4.07. The van der Waals surface area contributed by atoms with Crippen LogP contribution in [-0.2, 0) is 4.79 Å². The summed E-state index contributed by atoms with van der Waals surface area (Å²) in [7, 11) is 0. The average Bonchev–Trinajstić information content (AvgIpc) is 3.27. The fourth-order valence-corrected chi connectivity index (χ4v) is 3.55. The highest BCUT2D eigenvalue weighted by Crippen LogP contribution is 2.32. The van der Waals surface area contributed by atoms with Gasteiger partial charge in [-0.05, 0) is 29.6 Å². The molecule has 1 fully saturated rings. The predicted molar refractivity (Wildman–Crippen MR) is 88.0 cm³/mol. The van der Waals surface area contributed by atoms with Crippen LogP contribution in [0.4, 0.5) is 10.1 Å². The van der Waals surface area contributed by atoms with E-state index in [1.807, 2.05) is 11.4 Å². The molecule has 116 valence electrons. The second kappa shape index (κ2) is 5.62. The van der Waals surface area contributed by atoms with E-state index in [4.69, 9.17) is 0 Å². The van der Waals surface area contributed by atoms with Crippen LogP contribution >= 0.6 is 11.3 Å². The Morgan fingerprint density at radius 3 is 3.04 bits per heavy atom. The highest BCUT2D eigenvalue weighted by Gasteiger charge is 2.33. The number of halogens is 1. The number of nitrogens with zero attached hydrogens (tertiary/aromatic N) is 2. The Morgan fingerprint density at radius 2 is 2.26 bits per heavy atom. The summed E-state index contributed by atoms with van der Waals surface area (Å²) in [4.78, 5) is 21.6. The van der Waals surface area contributed by atoms with Crippen LogP contribution < -0.4 is 4.90 Å². The van der Waals surface area contributed by atoms with Crippen LogP contribution in [0, 0.1) is 5.82 Å². The van der Waals surface area contributed by atoms with Gasteiger partial charge in [-0.25, -0.2) is 9.37 Å². The Hall–Kier alpha value is -2.47. The first-order valence-corrected chi connectivity index (χ1v) is 8.28. The quantitative estimate of drug-likeness (QED) is 0.795. The summed E-state index contributed by atoms with van der Waals surface area (Å²) in [6.45, 7) is 0.513. The van der Waals surface area contributed by atoms with E-state index in [9.17, 15) is 9.18 Å². The van der Waals surface area contributed by atoms with Gasteiger partial charge in [-0.2, -0.15) is 11.3 Å². The molecule has 0 spiro atoms. The summed E-state index contributed by atoms with van der Waals surface area (Å²) >= 11 is 1.63. The van der Waals surface area contributed by atoms with Gasteiger partial charge in [0.15, 0.2) is 0 Å². The molecular formula is C17H14FN3OS. The number of hydrogen-bond acceptors (Lipinski definition) is 3. The van der Waals surface area contributed by atoms with E-state index in [1.165, 1.54) is 12.1 Å². The predicted octanol–water partition coefficient (Wildman–Crippen LogP) is 3.80. The molecule has 1 saturated heterocycles. The number of imidazole rings is 1. The van der Waals surface area contributed by atoms with E-state index in [-0.39, 0.29) is 17.6 Å². The van der Waals surface area contributed by atoms with Crippen molar-refractivity contribution in [1.29, 1.82) is 0 Å². The number of thiophene rings is 1. The number of nitrogens with one attached hydrogen (secondary N) is 1. The van der Waals surface area contributed by atoms with Crippen molar-refractivity contribution in [3.63, 3.8) is 0 Å². The summed E-state index contributed by atoms with van der Waals surface area (Å²) in [6.07, 6.45) is 2.18. The van der Waals surface area contributed by atoms with Gasteiger partial charge >= 0.3 is 0 Å². The lowest BCUT2D eigenvalue weighted by Crippen LogP contribution is -2.24. The van der Waals surface area contributed by atoms with Crippen LogP contribution in [-0.4, -0.2) is 22.4 Å². The third-order valence-corrected chi connectivity index (χ3v) is 4.74. The molecule has 1 aliphatic heterocycles. The van der Waals surface area contributed by atoms with Crippen LogP contribution in [0.2, 0.25) is 0 Å². The SMILES string of the molecule is O=C1CC(c2ncc(-c3ccsc3)[nH]2)CN1c1cccc(F)c1. The summed E-state index contributed by atoms with van der Waals surface area (Å²) in [5.41, 5.74) is 2.65. The van der Waals surface area contributed by atoms with E-state index in [0.29, 0.717) is 18.7 Å². The molecular weight excluding hydrogens is 313 g/mol. The summed E-state index contributed by atoms with van der Waals surface area (Å²) in [5.74, 6) is 0.460. The first-order valence-electron chi connectivity index (χ1n) is 7.34. The number of carbonyl (C=O) groups excluding carboxylic acids is 1. The van der Waals surface area contributed by atoms with E-state index in [2.05, 4.69) is 15.3 Å². The van der Waals surface area contributed by atoms with Gasteiger partial charge in [-0.15, -0.1) is 0 Å². The highest BCUT2D eigenvalue weighted by atomic mass is 32.1. The first-order chi connectivity index (χ1) is 11.2. The normalized spacial score (nSPS) is 17.9. The first kappa shape index (κ1) is 14.1. The molecule has 4 rings (SSSR count). The molecule has 1 unspecified atom stereocenters. The number of aromatic amines is 1. The van der Waals surface area contributed by atoms with Crippen molar-refractivity contribution < 1.29 is 9.18 Å². The molecule has 1 amide bonds. The van der Waals surface area contributed by atoms with Crippen LogP contribution in [0.3, 0.4) is 0 Å². The van der Waals surface area contributed by atoms with Crippen molar-refractivity contribution in [2.24, 2.45) is 0 Å². The van der Waals surface area contributed by atoms with Crippen LogP contribution in [0.25, 0.3) is 11.3 Å². The fraction of sp³-hybridized carbons (Fsp3) is 0.176. The van der Waals surface area contributed by atoms with Gasteiger partial charge in [-0.3, -0.25) is 4.79 Å². The maximum absolute atomic E-state index is 13.4. The zero-order valence-electron chi connectivity index (χ0n) is 12.2. The lowest BCUT2D eigenvalue weighted by Gasteiger charge is -2.16. The minimum Gasteiger partial charge on any atom is -0.342 e. The second-order valence-corrected chi connectivity index (χ2v) is 6.36. The fourth-order valence-electron chi connectivity index (χ4n) is 2.89. The lowest BCUT2D eigenvalue weighted by molar-refractivity contribution is -0.117. The molecule has 0 bridgehead atoms. The van der Waals surface area contributed by atoms with Gasteiger partial charge < -0.3 is 9.88 Å². The van der Waals surface area contributed by atoms with E-state index >= 15 is 0 Å². The number of rotatable bonds is 3. The topological polar surface area (TPSA) is 49.0 Å². The highest BCUT2D eigenvalue weighted by molar-refractivity contribution is 7.08. The van der Waals surface area contributed by atoms with E-state index in [1.54, 1.807) is 34.6 Å². The summed E-state index contributed by atoms with van der Waals surface area (Å²) in [6, 6.07) is 8.16. The van der Waals surface area contributed by atoms with Gasteiger partial charge in [0, 0.05) is 35.5 Å². The minimum atomic E-state index is -0.337. The average molecular weight is 327 g/mol. The minimum absolute atomic E-state index is 0.00171. The standard InChI is InChI=1S/C17H14FN3OS/c18-13-2-1-3-14(7-13)21-9-12(6-16(21)22)17-19-8-15(20-17)11-4-5-23-10-11/h1-5,7-8,10,12H,6,9H2,(H,19,20). The summed E-state index contributed by atoms with van der Waals surface area (Å²) < 4.78 is 13.4. The number of carbonyl (C=O) groups is 1. The molecule has 0 saturated carbocycles. The van der Waals surface area contributed by atoms with Crippen LogP contribution in [0.15, 0.2) is 47.3 Å². The molecule has 0 aliphatic carbocycles. The molecule has 0 radical (unpaired) electrons. The Labute approximate surface area is 136 Å². The van der Waals surface area contributed by atoms with Gasteiger partial charge in [0.05, 0.1) is 11.9 Å². The zero-order valence-corrected chi connectivity index (χ0v) is 13.0. The van der Waals surface area contributed by atoms with Crippen molar-refractivity contribution >= 4 is 22.9 Å². The maximum atomic E-state index is 13.4. The number of hydrogen-bond donors (Lipinski definition) is 1. The Morgan fingerprint density at radius 1 is 1.35 bits per heavy atom. The largest absolute Gasteiger partial charge is 0.342 e. The Kier molecular flexibility index (Phi) is 3.46. The van der Waals surface area contributed by atoms with Crippen molar-refractivity contribution in [3.05, 3.63) is 58.9 Å². The van der Waals surface area contributed by atoms with Crippen molar-refractivity contribution in [3.8, 4) is 11.3 Å².